The van der Waals surface area contributed by atoms with Gasteiger partial charge < -0.3 is 14.8 Å². The molecule has 6 heteroatoms. The van der Waals surface area contributed by atoms with E-state index in [2.05, 4.69) is 15.7 Å². The van der Waals surface area contributed by atoms with Gasteiger partial charge in [-0.2, -0.15) is 0 Å². The maximum absolute atomic E-state index is 5.77. The molecular weight excluding hydrogens is 220 g/mol. The molecule has 2 aliphatic rings. The largest absolute Gasteiger partial charge is 0.385 e. The third-order valence-electron chi connectivity index (χ3n) is 3.34. The first-order valence-corrected chi connectivity index (χ1v) is 6.25. The molecule has 0 aromatic carbocycles. The molecule has 98 valence electrons. The predicted octanol–water partition coefficient (Wildman–Crippen LogP) is -0.248. The van der Waals surface area contributed by atoms with Crippen molar-refractivity contribution >= 4 is 5.96 Å². The Bertz CT molecular complexity index is 272. The van der Waals surface area contributed by atoms with Crippen LogP contribution in [0.3, 0.4) is 0 Å². The molecule has 0 aromatic rings. The first-order valence-electron chi connectivity index (χ1n) is 6.25. The van der Waals surface area contributed by atoms with Crippen LogP contribution in [-0.4, -0.2) is 44.5 Å². The average molecular weight is 242 g/mol. The number of hydrogen-bond donors (Lipinski definition) is 3. The first kappa shape index (κ1) is 12.6. The molecule has 6 nitrogen and oxygen atoms in total. The molecule has 2 saturated heterocycles. The number of hydrazine groups is 1. The summed E-state index contributed by atoms with van der Waals surface area (Å²) in [6.07, 6.45) is 5.06. The third-order valence-corrected chi connectivity index (χ3v) is 3.34. The van der Waals surface area contributed by atoms with Crippen LogP contribution in [0.15, 0.2) is 4.99 Å². The van der Waals surface area contributed by atoms with Crippen LogP contribution in [0.5, 0.6) is 0 Å². The molecule has 4 N–H and O–H groups in total. The highest BCUT2D eigenvalue weighted by molar-refractivity contribution is 5.79. The minimum atomic E-state index is 0.331. The van der Waals surface area contributed by atoms with Gasteiger partial charge >= 0.3 is 0 Å². The van der Waals surface area contributed by atoms with Crippen molar-refractivity contribution in [2.24, 2.45) is 10.8 Å². The van der Waals surface area contributed by atoms with Gasteiger partial charge in [0, 0.05) is 20.3 Å². The number of aliphatic imine (C=N–C) groups is 1. The molecule has 0 aromatic heterocycles. The summed E-state index contributed by atoms with van der Waals surface area (Å²) in [6.45, 7) is 1.43. The Morgan fingerprint density at radius 3 is 3.00 bits per heavy atom. The van der Waals surface area contributed by atoms with E-state index in [0.717, 1.165) is 25.9 Å². The quantitative estimate of drug-likeness (QED) is 0.204. The molecule has 0 aliphatic carbocycles. The molecule has 3 atom stereocenters. The van der Waals surface area contributed by atoms with Crippen molar-refractivity contribution in [3.8, 4) is 0 Å². The maximum Gasteiger partial charge on any atom is 0.206 e. The highest BCUT2D eigenvalue weighted by atomic mass is 16.5. The minimum Gasteiger partial charge on any atom is -0.385 e. The molecule has 0 radical (unpaired) electrons. The van der Waals surface area contributed by atoms with Gasteiger partial charge in [0.1, 0.15) is 0 Å². The molecule has 3 unspecified atom stereocenters. The number of rotatable bonds is 5. The summed E-state index contributed by atoms with van der Waals surface area (Å²) in [7, 11) is 1.69. The van der Waals surface area contributed by atoms with Gasteiger partial charge in [0.25, 0.3) is 0 Å². The van der Waals surface area contributed by atoms with Gasteiger partial charge in [-0.05, 0) is 25.7 Å². The van der Waals surface area contributed by atoms with Crippen molar-refractivity contribution in [1.82, 2.24) is 10.7 Å². The summed E-state index contributed by atoms with van der Waals surface area (Å²) in [5, 5.41) is 3.32. The van der Waals surface area contributed by atoms with Crippen molar-refractivity contribution in [3.63, 3.8) is 0 Å². The van der Waals surface area contributed by atoms with Gasteiger partial charge in [-0.3, -0.25) is 10.4 Å². The Hall–Kier alpha value is -0.850. The lowest BCUT2D eigenvalue weighted by molar-refractivity contribution is 0.0992. The summed E-state index contributed by atoms with van der Waals surface area (Å²) in [5.41, 5.74) is 2.61. The van der Waals surface area contributed by atoms with Crippen LogP contribution >= 0.6 is 0 Å². The van der Waals surface area contributed by atoms with E-state index < -0.39 is 0 Å². The van der Waals surface area contributed by atoms with E-state index in [1.54, 1.807) is 7.11 Å². The zero-order valence-corrected chi connectivity index (χ0v) is 10.3. The second kappa shape index (κ2) is 6.18. The van der Waals surface area contributed by atoms with Crippen LogP contribution in [0.2, 0.25) is 0 Å². The van der Waals surface area contributed by atoms with E-state index >= 15 is 0 Å². The van der Waals surface area contributed by atoms with Crippen LogP contribution in [0, 0.1) is 0 Å². The number of ether oxygens (including phenoxy) is 2. The van der Waals surface area contributed by atoms with Gasteiger partial charge in [0.2, 0.25) is 5.96 Å². The molecule has 0 saturated carbocycles. The Labute approximate surface area is 102 Å². The highest BCUT2D eigenvalue weighted by Crippen LogP contribution is 2.34. The van der Waals surface area contributed by atoms with Crippen molar-refractivity contribution in [1.29, 1.82) is 0 Å². The monoisotopic (exact) mass is 242 g/mol. The van der Waals surface area contributed by atoms with E-state index in [0.29, 0.717) is 30.8 Å². The molecule has 2 heterocycles. The second-order valence-corrected chi connectivity index (χ2v) is 4.58. The van der Waals surface area contributed by atoms with Gasteiger partial charge in [-0.1, -0.05) is 0 Å². The molecular formula is C11H22N4O2. The number of fused-ring (bicyclic) bond motifs is 2. The summed E-state index contributed by atoms with van der Waals surface area (Å²) >= 11 is 0. The van der Waals surface area contributed by atoms with E-state index in [9.17, 15) is 0 Å². The van der Waals surface area contributed by atoms with Crippen molar-refractivity contribution in [3.05, 3.63) is 0 Å². The Morgan fingerprint density at radius 1 is 1.53 bits per heavy atom. The molecule has 0 spiro atoms. The fourth-order valence-corrected chi connectivity index (χ4v) is 2.50. The summed E-state index contributed by atoms with van der Waals surface area (Å²) < 4.78 is 10.7. The Morgan fingerprint density at radius 2 is 2.41 bits per heavy atom. The second-order valence-electron chi connectivity index (χ2n) is 4.58. The summed E-state index contributed by atoms with van der Waals surface area (Å²) in [5.74, 6) is 6.10. The average Bonchev–Trinajstić information content (AvgIpc) is 2.95. The van der Waals surface area contributed by atoms with Crippen molar-refractivity contribution in [2.75, 3.05) is 20.3 Å². The maximum atomic E-state index is 5.77. The topological polar surface area (TPSA) is 80.9 Å². The van der Waals surface area contributed by atoms with Gasteiger partial charge in [0.05, 0.1) is 18.2 Å². The molecule has 17 heavy (non-hydrogen) atoms. The normalized spacial score (nSPS) is 31.9. The smallest absolute Gasteiger partial charge is 0.206 e. The summed E-state index contributed by atoms with van der Waals surface area (Å²) in [4.78, 5) is 4.36. The molecule has 2 bridgehead atoms. The number of nitrogens with zero attached hydrogens (tertiary/aromatic N) is 1. The predicted molar refractivity (Wildman–Crippen MR) is 65.6 cm³/mol. The lowest BCUT2D eigenvalue weighted by atomic mass is 9.96. The molecule has 0 amide bonds. The number of nitrogens with two attached hydrogens (primary N) is 1. The van der Waals surface area contributed by atoms with Crippen LogP contribution in [0.25, 0.3) is 0 Å². The number of nitrogens with one attached hydrogen (secondary N) is 2. The number of hydrogen-bond acceptors (Lipinski definition) is 4. The molecule has 2 aliphatic heterocycles. The van der Waals surface area contributed by atoms with Gasteiger partial charge in [0.15, 0.2) is 0 Å². The van der Waals surface area contributed by atoms with Crippen LogP contribution < -0.4 is 16.6 Å². The van der Waals surface area contributed by atoms with Crippen LogP contribution in [0.1, 0.15) is 25.7 Å². The fourth-order valence-electron chi connectivity index (χ4n) is 2.50. The third kappa shape index (κ3) is 3.31. The Balaban J connectivity index is 1.75. The lowest BCUT2D eigenvalue weighted by Gasteiger charge is -2.21. The Kier molecular flexibility index (Phi) is 4.58. The zero-order valence-electron chi connectivity index (χ0n) is 10.3. The van der Waals surface area contributed by atoms with E-state index in [1.165, 1.54) is 6.42 Å². The molecule has 2 fully saturated rings. The first-order chi connectivity index (χ1) is 8.33. The lowest BCUT2D eigenvalue weighted by Crippen LogP contribution is -2.49. The van der Waals surface area contributed by atoms with Crippen LogP contribution in [0.4, 0.5) is 0 Å². The fraction of sp³-hybridized carbons (Fsp3) is 0.909. The number of methoxy groups -OCH3 is 1. The summed E-state index contributed by atoms with van der Waals surface area (Å²) in [6, 6.07) is 0.353. The molecule has 2 rings (SSSR count). The van der Waals surface area contributed by atoms with Crippen molar-refractivity contribution in [2.45, 2.75) is 43.9 Å². The van der Waals surface area contributed by atoms with E-state index in [4.69, 9.17) is 15.3 Å². The van der Waals surface area contributed by atoms with Crippen molar-refractivity contribution < 1.29 is 9.47 Å². The number of guanidine groups is 1. The van der Waals surface area contributed by atoms with E-state index in [1.807, 2.05) is 0 Å². The highest BCUT2D eigenvalue weighted by Gasteiger charge is 2.40. The SMILES string of the molecule is COCCCN=C(NN)NC1CC2CCC1O2. The van der Waals surface area contributed by atoms with Crippen LogP contribution in [-0.2, 0) is 9.47 Å². The zero-order chi connectivity index (χ0) is 12.1. The standard InChI is InChI=1S/C11H22N4O2/c1-16-6-2-5-13-11(15-12)14-9-7-8-3-4-10(9)17-8/h8-10H,2-7,12H2,1H3,(H2,13,14,15). The van der Waals surface area contributed by atoms with Gasteiger partial charge in [-0.25, -0.2) is 5.84 Å². The van der Waals surface area contributed by atoms with Gasteiger partial charge in [-0.15, -0.1) is 0 Å². The van der Waals surface area contributed by atoms with E-state index in [-0.39, 0.29) is 0 Å². The minimum absolute atomic E-state index is 0.331.